The first-order valence-electron chi connectivity index (χ1n) is 9.87. The molecule has 1 amide bonds. The average Bonchev–Trinajstić information content (AvgIpc) is 2.57. The number of likely N-dealkylation sites (tertiary alicyclic amines) is 1. The molecule has 3 atom stereocenters. The molecule has 2 aliphatic rings. The third-order valence-corrected chi connectivity index (χ3v) is 7.34. The van der Waals surface area contributed by atoms with Crippen LogP contribution in [0.2, 0.25) is 0 Å². The van der Waals surface area contributed by atoms with Gasteiger partial charge in [0.1, 0.15) is 0 Å². The van der Waals surface area contributed by atoms with E-state index in [9.17, 15) is 13.2 Å². The molecule has 8 heteroatoms. The fourth-order valence-corrected chi connectivity index (χ4v) is 5.42. The van der Waals surface area contributed by atoms with Crippen LogP contribution in [0, 0.1) is 17.8 Å². The molecular weight excluding hydrogens is 352 g/mol. The van der Waals surface area contributed by atoms with E-state index in [4.69, 9.17) is 0 Å². The molecule has 0 spiro atoms. The molecule has 0 aliphatic carbocycles. The molecule has 0 radical (unpaired) electrons. The lowest BCUT2D eigenvalue weighted by molar-refractivity contribution is -0.126. The predicted octanol–water partition coefficient (Wildman–Crippen LogP) is 0.989. The summed E-state index contributed by atoms with van der Waals surface area (Å²) in [6, 6.07) is 0. The predicted molar refractivity (Wildman–Crippen MR) is 104 cm³/mol. The van der Waals surface area contributed by atoms with Gasteiger partial charge < -0.3 is 10.2 Å². The van der Waals surface area contributed by atoms with Crippen molar-refractivity contribution in [2.45, 2.75) is 39.5 Å². The summed E-state index contributed by atoms with van der Waals surface area (Å²) in [7, 11) is -0.378. The van der Waals surface area contributed by atoms with Gasteiger partial charge in [0.2, 0.25) is 5.91 Å². The van der Waals surface area contributed by atoms with Crippen molar-refractivity contribution >= 4 is 16.1 Å². The van der Waals surface area contributed by atoms with Crippen LogP contribution < -0.4 is 5.32 Å². The van der Waals surface area contributed by atoms with Gasteiger partial charge in [-0.3, -0.25) is 4.79 Å². The summed E-state index contributed by atoms with van der Waals surface area (Å²) >= 11 is 0. The molecule has 0 bridgehead atoms. The van der Waals surface area contributed by atoms with Crippen LogP contribution in [0.15, 0.2) is 0 Å². The number of carbonyl (C=O) groups is 1. The van der Waals surface area contributed by atoms with Crippen LogP contribution in [0.3, 0.4) is 0 Å². The summed E-state index contributed by atoms with van der Waals surface area (Å²) in [5, 5.41) is 3.01. The molecule has 26 heavy (non-hydrogen) atoms. The van der Waals surface area contributed by atoms with Crippen LogP contribution >= 0.6 is 0 Å². The van der Waals surface area contributed by atoms with E-state index in [0.29, 0.717) is 13.1 Å². The van der Waals surface area contributed by atoms with Gasteiger partial charge in [0.25, 0.3) is 10.2 Å². The third kappa shape index (κ3) is 5.90. The molecule has 0 unspecified atom stereocenters. The number of hydrogen-bond acceptors (Lipinski definition) is 4. The Hall–Kier alpha value is -0.700. The molecule has 152 valence electrons. The molecule has 0 aromatic rings. The summed E-state index contributed by atoms with van der Waals surface area (Å²) in [5.74, 6) is 1.25. The molecule has 0 aromatic heterocycles. The minimum atomic E-state index is -3.44. The lowest BCUT2D eigenvalue weighted by atomic mass is 9.92. The van der Waals surface area contributed by atoms with Gasteiger partial charge in [-0.2, -0.15) is 17.0 Å². The molecule has 0 saturated carbocycles. The van der Waals surface area contributed by atoms with Crippen molar-refractivity contribution in [1.82, 2.24) is 18.8 Å². The van der Waals surface area contributed by atoms with Crippen LogP contribution in [-0.2, 0) is 15.0 Å². The molecule has 2 saturated heterocycles. The minimum Gasteiger partial charge on any atom is -0.356 e. The van der Waals surface area contributed by atoms with E-state index in [-0.39, 0.29) is 18.4 Å². The van der Waals surface area contributed by atoms with Gasteiger partial charge >= 0.3 is 0 Å². The molecular formula is C18H36N4O3S. The van der Waals surface area contributed by atoms with Crippen molar-refractivity contribution in [3.63, 3.8) is 0 Å². The van der Waals surface area contributed by atoms with E-state index < -0.39 is 10.2 Å². The molecule has 1 N–H and O–H groups in total. The molecule has 2 aliphatic heterocycles. The lowest BCUT2D eigenvalue weighted by Gasteiger charge is -2.35. The van der Waals surface area contributed by atoms with Gasteiger partial charge in [-0.25, -0.2) is 0 Å². The van der Waals surface area contributed by atoms with Crippen LogP contribution in [0.25, 0.3) is 0 Å². The maximum Gasteiger partial charge on any atom is 0.281 e. The number of piperidine rings is 2. The van der Waals surface area contributed by atoms with Crippen molar-refractivity contribution in [3.05, 3.63) is 0 Å². The topological polar surface area (TPSA) is 73.0 Å². The van der Waals surface area contributed by atoms with Crippen molar-refractivity contribution in [2.75, 3.05) is 53.4 Å². The van der Waals surface area contributed by atoms with Gasteiger partial charge in [-0.1, -0.05) is 13.8 Å². The zero-order valence-electron chi connectivity index (χ0n) is 16.8. The molecule has 2 heterocycles. The number of carbonyl (C=O) groups excluding carboxylic acids is 1. The highest BCUT2D eigenvalue weighted by Crippen LogP contribution is 2.21. The standard InChI is InChI=1S/C18H36N4O3S/c1-15-11-16(2)13-21(12-15)9-6-8-19-18(23)17-7-5-10-22(14-17)26(24,25)20(3)4/h15-17H,5-14H2,1-4H3,(H,19,23)/t15-,16-,17+/m0/s1. The maximum absolute atomic E-state index is 12.4. The Kier molecular flexibility index (Phi) is 7.88. The van der Waals surface area contributed by atoms with Gasteiger partial charge in [-0.15, -0.1) is 0 Å². The highest BCUT2D eigenvalue weighted by Gasteiger charge is 2.33. The first-order valence-corrected chi connectivity index (χ1v) is 11.3. The second kappa shape index (κ2) is 9.48. The summed E-state index contributed by atoms with van der Waals surface area (Å²) in [5.41, 5.74) is 0. The maximum atomic E-state index is 12.4. The summed E-state index contributed by atoms with van der Waals surface area (Å²) in [4.78, 5) is 14.9. The van der Waals surface area contributed by atoms with Gasteiger partial charge in [0.05, 0.1) is 5.92 Å². The van der Waals surface area contributed by atoms with E-state index in [1.807, 2.05) is 0 Å². The van der Waals surface area contributed by atoms with Crippen LogP contribution in [-0.4, -0.2) is 81.2 Å². The Labute approximate surface area is 159 Å². The van der Waals surface area contributed by atoms with E-state index in [1.54, 1.807) is 0 Å². The minimum absolute atomic E-state index is 0.0102. The Morgan fingerprint density at radius 1 is 1.15 bits per heavy atom. The Morgan fingerprint density at radius 3 is 2.42 bits per heavy atom. The fraction of sp³-hybridized carbons (Fsp3) is 0.944. The largest absolute Gasteiger partial charge is 0.356 e. The van der Waals surface area contributed by atoms with E-state index >= 15 is 0 Å². The molecule has 2 rings (SSSR count). The Bertz CT molecular complexity index is 557. The summed E-state index contributed by atoms with van der Waals surface area (Å²) < 4.78 is 27.2. The fourth-order valence-electron chi connectivity index (χ4n) is 4.23. The van der Waals surface area contributed by atoms with E-state index in [0.717, 1.165) is 50.7 Å². The smallest absolute Gasteiger partial charge is 0.281 e. The third-order valence-electron chi connectivity index (χ3n) is 5.44. The number of hydrogen-bond donors (Lipinski definition) is 1. The van der Waals surface area contributed by atoms with E-state index in [2.05, 4.69) is 24.1 Å². The quantitative estimate of drug-likeness (QED) is 0.660. The molecule has 0 aromatic carbocycles. The first-order chi connectivity index (χ1) is 12.2. The summed E-state index contributed by atoms with van der Waals surface area (Å²) in [6.45, 7) is 9.37. The average molecular weight is 389 g/mol. The Morgan fingerprint density at radius 2 is 1.81 bits per heavy atom. The van der Waals surface area contributed by atoms with Gasteiger partial charge in [0, 0.05) is 46.8 Å². The monoisotopic (exact) mass is 388 g/mol. The highest BCUT2D eigenvalue weighted by molar-refractivity contribution is 7.86. The van der Waals surface area contributed by atoms with Crippen molar-refractivity contribution < 1.29 is 13.2 Å². The number of nitrogens with zero attached hydrogens (tertiary/aromatic N) is 3. The van der Waals surface area contributed by atoms with Crippen molar-refractivity contribution in [1.29, 1.82) is 0 Å². The zero-order valence-corrected chi connectivity index (χ0v) is 17.6. The van der Waals surface area contributed by atoms with Crippen LogP contribution in [0.1, 0.15) is 39.5 Å². The lowest BCUT2D eigenvalue weighted by Crippen LogP contribution is -2.49. The first kappa shape index (κ1) is 21.6. The van der Waals surface area contributed by atoms with Crippen LogP contribution in [0.5, 0.6) is 0 Å². The molecule has 2 fully saturated rings. The second-order valence-electron chi connectivity index (χ2n) is 8.34. The van der Waals surface area contributed by atoms with E-state index in [1.165, 1.54) is 29.1 Å². The van der Waals surface area contributed by atoms with Gasteiger partial charge in [-0.05, 0) is 44.1 Å². The van der Waals surface area contributed by atoms with Gasteiger partial charge in [0.15, 0.2) is 0 Å². The normalized spacial score (nSPS) is 29.0. The SMILES string of the molecule is C[C@H]1C[C@H](C)CN(CCCNC(=O)[C@@H]2CCCN(S(=O)(=O)N(C)C)C2)C1. The summed E-state index contributed by atoms with van der Waals surface area (Å²) in [6.07, 6.45) is 3.74. The molecule has 7 nitrogen and oxygen atoms in total. The number of rotatable bonds is 7. The second-order valence-corrected chi connectivity index (χ2v) is 10.5. The Balaban J connectivity index is 1.72. The number of amides is 1. The van der Waals surface area contributed by atoms with Crippen molar-refractivity contribution in [2.24, 2.45) is 17.8 Å². The zero-order chi connectivity index (χ0) is 19.3. The van der Waals surface area contributed by atoms with Crippen LogP contribution in [0.4, 0.5) is 0 Å². The highest BCUT2D eigenvalue weighted by atomic mass is 32.2. The number of nitrogens with one attached hydrogen (secondary N) is 1. The van der Waals surface area contributed by atoms with Crippen molar-refractivity contribution in [3.8, 4) is 0 Å².